The lowest BCUT2D eigenvalue weighted by molar-refractivity contribution is -0.151. The largest absolute Gasteiger partial charge is 0.493 e. The average molecular weight is 662 g/mol. The predicted molar refractivity (Wildman–Crippen MR) is 161 cm³/mol. The third kappa shape index (κ3) is 4.58. The SMILES string of the molecule is COC(=O)CN1C(=O)C2C3CC(C2C1=O)C1C(c2ccc(OCc4ccc(Cl)cc4Cl)c(OC)c2)c2sc(=O)[nH]c2SC31. The summed E-state index contributed by atoms with van der Waals surface area (Å²) in [5, 5.41) is 1.88. The highest BCUT2D eigenvalue weighted by Gasteiger charge is 2.69. The van der Waals surface area contributed by atoms with Crippen LogP contribution in [0.2, 0.25) is 10.0 Å². The quantitative estimate of drug-likeness (QED) is 0.279. The molecule has 7 rings (SSSR count). The Balaban J connectivity index is 1.23. The Morgan fingerprint density at radius 2 is 1.79 bits per heavy atom. The van der Waals surface area contributed by atoms with Gasteiger partial charge in [0.15, 0.2) is 11.5 Å². The van der Waals surface area contributed by atoms with Crippen molar-refractivity contribution >= 4 is 64.1 Å². The molecule has 0 radical (unpaired) electrons. The van der Waals surface area contributed by atoms with Crippen molar-refractivity contribution < 1.29 is 28.6 Å². The number of benzene rings is 2. The Kier molecular flexibility index (Phi) is 7.27. The number of thiazole rings is 1. The summed E-state index contributed by atoms with van der Waals surface area (Å²) in [5.74, 6) is -1.41. The maximum Gasteiger partial charge on any atom is 0.325 e. The van der Waals surface area contributed by atoms with Crippen molar-refractivity contribution in [3.63, 3.8) is 0 Å². The number of likely N-dealkylation sites (tertiary alicyclic amines) is 1. The Morgan fingerprint density at radius 1 is 1.02 bits per heavy atom. The molecule has 1 N–H and O–H groups in total. The fourth-order valence-electron chi connectivity index (χ4n) is 7.59. The van der Waals surface area contributed by atoms with E-state index in [1.54, 1.807) is 31.0 Å². The van der Waals surface area contributed by atoms with E-state index >= 15 is 0 Å². The lowest BCUT2D eigenvalue weighted by Crippen LogP contribution is -2.42. The van der Waals surface area contributed by atoms with E-state index in [2.05, 4.69) is 4.98 Å². The molecule has 2 amide bonds. The number of thioether (sulfide) groups is 1. The number of ether oxygens (including phenoxy) is 3. The second-order valence-electron chi connectivity index (χ2n) is 11.2. The van der Waals surface area contributed by atoms with Crippen LogP contribution in [-0.4, -0.2) is 53.7 Å². The number of carbonyl (C=O) groups excluding carboxylic acids is 3. The number of aromatic nitrogens is 1. The standard InChI is InChI=1S/C30H26Cl2N2O7S2/c1-39-19-7-12(4-6-18(19)41-11-13-3-5-14(31)8-17(13)32)21-22-15-9-16(25(22)42-27-26(21)43-30(38)33-27)24-23(15)28(36)34(29(24)37)10-20(35)40-2/h3-8,15-16,21-25H,9-11H2,1-2H3,(H,33,38). The minimum absolute atomic E-state index is 0.00868. The van der Waals surface area contributed by atoms with Crippen LogP contribution >= 0.6 is 46.3 Å². The van der Waals surface area contributed by atoms with Gasteiger partial charge >= 0.3 is 10.8 Å². The van der Waals surface area contributed by atoms with Crippen LogP contribution < -0.4 is 14.3 Å². The van der Waals surface area contributed by atoms with Crippen LogP contribution in [0, 0.1) is 29.6 Å². The summed E-state index contributed by atoms with van der Waals surface area (Å²) in [4.78, 5) is 56.4. The van der Waals surface area contributed by atoms with Gasteiger partial charge in [-0.25, -0.2) is 0 Å². The van der Waals surface area contributed by atoms with Gasteiger partial charge in [-0.05, 0) is 54.0 Å². The summed E-state index contributed by atoms with van der Waals surface area (Å²) >= 11 is 15.1. The van der Waals surface area contributed by atoms with Gasteiger partial charge in [0.05, 0.1) is 31.1 Å². The minimum atomic E-state index is -0.619. The number of hydrogen-bond acceptors (Lipinski definition) is 9. The second kappa shape index (κ2) is 10.9. The van der Waals surface area contributed by atoms with Crippen LogP contribution in [0.1, 0.15) is 28.3 Å². The van der Waals surface area contributed by atoms with E-state index in [-0.39, 0.29) is 58.8 Å². The van der Waals surface area contributed by atoms with Gasteiger partial charge in [0.1, 0.15) is 13.2 Å². The van der Waals surface area contributed by atoms with E-state index in [0.717, 1.165) is 32.4 Å². The molecule has 7 atom stereocenters. The third-order valence-corrected chi connectivity index (χ3v) is 12.5. The first-order valence-corrected chi connectivity index (χ1v) is 16.2. The van der Waals surface area contributed by atoms with Crippen LogP contribution in [0.5, 0.6) is 11.5 Å². The van der Waals surface area contributed by atoms with Crippen molar-refractivity contribution in [1.29, 1.82) is 0 Å². The Morgan fingerprint density at radius 3 is 2.51 bits per heavy atom. The van der Waals surface area contributed by atoms with Crippen LogP contribution in [-0.2, 0) is 25.7 Å². The zero-order valence-corrected chi connectivity index (χ0v) is 26.1. The van der Waals surface area contributed by atoms with E-state index < -0.39 is 17.8 Å². The Labute approximate surface area is 264 Å². The van der Waals surface area contributed by atoms with Gasteiger partial charge in [-0.3, -0.25) is 24.1 Å². The number of halogens is 2. The molecule has 2 aliphatic carbocycles. The zero-order valence-electron chi connectivity index (χ0n) is 23.0. The highest BCUT2D eigenvalue weighted by molar-refractivity contribution is 8.00. The fourth-order valence-corrected chi connectivity index (χ4v) is 10.9. The molecule has 2 saturated carbocycles. The number of rotatable bonds is 7. The van der Waals surface area contributed by atoms with E-state index in [9.17, 15) is 19.2 Å². The molecule has 7 unspecified atom stereocenters. The van der Waals surface area contributed by atoms with Crippen LogP contribution in [0.3, 0.4) is 0 Å². The van der Waals surface area contributed by atoms with Crippen molar-refractivity contribution in [2.45, 2.75) is 29.2 Å². The van der Waals surface area contributed by atoms with Crippen LogP contribution in [0.4, 0.5) is 0 Å². The number of nitrogens with one attached hydrogen (secondary N) is 1. The number of methoxy groups -OCH3 is 2. The van der Waals surface area contributed by atoms with Gasteiger partial charge in [0, 0.05) is 31.7 Å². The van der Waals surface area contributed by atoms with E-state index in [1.165, 1.54) is 18.4 Å². The van der Waals surface area contributed by atoms with Crippen LogP contribution in [0.15, 0.2) is 46.2 Å². The van der Waals surface area contributed by atoms with Gasteiger partial charge < -0.3 is 19.2 Å². The van der Waals surface area contributed by atoms with Crippen molar-refractivity contribution in [1.82, 2.24) is 9.88 Å². The van der Waals surface area contributed by atoms with Crippen molar-refractivity contribution in [2.75, 3.05) is 20.8 Å². The van der Waals surface area contributed by atoms with E-state index in [0.29, 0.717) is 21.5 Å². The summed E-state index contributed by atoms with van der Waals surface area (Å²) in [6, 6.07) is 11.0. The highest BCUT2D eigenvalue weighted by Crippen LogP contribution is 2.68. The first kappa shape index (κ1) is 28.8. The number of nitrogens with zero attached hydrogens (tertiary/aromatic N) is 1. The highest BCUT2D eigenvalue weighted by atomic mass is 35.5. The molecule has 1 aromatic heterocycles. The molecular weight excluding hydrogens is 635 g/mol. The van der Waals surface area contributed by atoms with Crippen LogP contribution in [0.25, 0.3) is 0 Å². The Bertz CT molecular complexity index is 1720. The molecule has 13 heteroatoms. The number of H-pyrrole nitrogens is 1. The number of fused-ring (bicyclic) bond motifs is 9. The number of esters is 1. The summed E-state index contributed by atoms with van der Waals surface area (Å²) < 4.78 is 16.6. The van der Waals surface area contributed by atoms with E-state index in [1.807, 2.05) is 24.3 Å². The molecule has 3 aromatic rings. The number of imide groups is 1. The number of aromatic amines is 1. The molecule has 3 fully saturated rings. The van der Waals surface area contributed by atoms with Gasteiger partial charge in [0.25, 0.3) is 0 Å². The molecule has 2 aliphatic heterocycles. The second-order valence-corrected chi connectivity index (χ2v) is 14.3. The predicted octanol–water partition coefficient (Wildman–Crippen LogP) is 4.98. The maximum absolute atomic E-state index is 13.6. The molecular formula is C30H26Cl2N2O7S2. The topological polar surface area (TPSA) is 115 Å². The summed E-state index contributed by atoms with van der Waals surface area (Å²) in [7, 11) is 2.81. The van der Waals surface area contributed by atoms with Gasteiger partial charge in [-0.1, -0.05) is 46.7 Å². The summed E-state index contributed by atoms with van der Waals surface area (Å²) in [6.07, 6.45) is 0.747. The number of carbonyl (C=O) groups is 3. The van der Waals surface area contributed by atoms with Crippen molar-refractivity contribution in [3.8, 4) is 11.5 Å². The molecule has 1 saturated heterocycles. The lowest BCUT2D eigenvalue weighted by Gasteiger charge is -2.43. The smallest absolute Gasteiger partial charge is 0.325 e. The molecule has 3 heterocycles. The number of amides is 2. The fraction of sp³-hybridized carbons (Fsp3) is 0.400. The third-order valence-electron chi connectivity index (χ3n) is 9.28. The Hall–Kier alpha value is -2.99. The van der Waals surface area contributed by atoms with Crippen molar-refractivity contribution in [3.05, 3.63) is 72.1 Å². The molecule has 4 aliphatic rings. The molecule has 43 heavy (non-hydrogen) atoms. The normalized spacial score (nSPS) is 28.5. The molecule has 9 nitrogen and oxygen atoms in total. The molecule has 224 valence electrons. The van der Waals surface area contributed by atoms with Gasteiger partial charge in [-0.15, -0.1) is 11.8 Å². The summed E-state index contributed by atoms with van der Waals surface area (Å²) in [5.41, 5.74) is 1.72. The van der Waals surface area contributed by atoms with Gasteiger partial charge in [-0.2, -0.15) is 0 Å². The maximum atomic E-state index is 13.6. The first-order valence-electron chi connectivity index (χ1n) is 13.8. The van der Waals surface area contributed by atoms with E-state index in [4.69, 9.17) is 37.4 Å². The monoisotopic (exact) mass is 660 g/mol. The van der Waals surface area contributed by atoms with Gasteiger partial charge in [0.2, 0.25) is 11.8 Å². The van der Waals surface area contributed by atoms with Crippen molar-refractivity contribution in [2.24, 2.45) is 29.6 Å². The molecule has 0 spiro atoms. The minimum Gasteiger partial charge on any atom is -0.493 e. The molecule has 2 bridgehead atoms. The molecule has 2 aromatic carbocycles. The lowest BCUT2D eigenvalue weighted by atomic mass is 9.68. The number of hydrogen-bond donors (Lipinski definition) is 1. The first-order chi connectivity index (χ1) is 20.7. The summed E-state index contributed by atoms with van der Waals surface area (Å²) in [6.45, 7) is -0.155. The average Bonchev–Trinajstić information content (AvgIpc) is 3.72. The zero-order chi connectivity index (χ0) is 30.2.